The predicted molar refractivity (Wildman–Crippen MR) is 315 cm³/mol. The second kappa shape index (κ2) is 53.5. The Morgan fingerprint density at radius 2 is 0.836 bits per heavy atom. The van der Waals surface area contributed by atoms with E-state index in [1.54, 1.807) is 6.08 Å². The molecule has 73 heavy (non-hydrogen) atoms. The van der Waals surface area contributed by atoms with Crippen LogP contribution in [0.3, 0.4) is 0 Å². The number of aliphatic hydroxyl groups excluding tert-OH is 1. The van der Waals surface area contributed by atoms with Crippen LogP contribution in [0.25, 0.3) is 0 Å². The largest absolute Gasteiger partial charge is 0.756 e. The summed E-state index contributed by atoms with van der Waals surface area (Å²) in [6.07, 6.45) is 81.0. The number of amides is 1. The number of aliphatic hydroxyl groups is 1. The first-order valence-electron chi connectivity index (χ1n) is 29.0. The Morgan fingerprint density at radius 1 is 0.493 bits per heavy atom. The second-order valence-corrected chi connectivity index (χ2v) is 21.7. The van der Waals surface area contributed by atoms with Crippen molar-refractivity contribution in [3.8, 4) is 0 Å². The maximum atomic E-state index is 12.9. The lowest BCUT2D eigenvalue weighted by Crippen LogP contribution is -2.45. The van der Waals surface area contributed by atoms with Gasteiger partial charge in [-0.25, -0.2) is 0 Å². The van der Waals surface area contributed by atoms with Crippen LogP contribution in [0.5, 0.6) is 0 Å². The third kappa shape index (κ3) is 56.2. The normalized spacial score (nSPS) is 14.9. The summed E-state index contributed by atoms with van der Waals surface area (Å²) in [6, 6.07) is -0.899. The van der Waals surface area contributed by atoms with Gasteiger partial charge in [0.2, 0.25) is 5.91 Å². The van der Waals surface area contributed by atoms with Crippen LogP contribution in [0, 0.1) is 0 Å². The van der Waals surface area contributed by atoms with E-state index in [-0.39, 0.29) is 12.5 Å². The summed E-state index contributed by atoms with van der Waals surface area (Å²) in [5.74, 6) is -0.213. The summed E-state index contributed by atoms with van der Waals surface area (Å²) in [4.78, 5) is 25.4. The highest BCUT2D eigenvalue weighted by molar-refractivity contribution is 7.45. The number of rotatable bonds is 51. The monoisotopic (exact) mass is 1030 g/mol. The van der Waals surface area contributed by atoms with E-state index in [2.05, 4.69) is 141 Å². The summed E-state index contributed by atoms with van der Waals surface area (Å²) in [5, 5.41) is 13.8. The highest BCUT2D eigenvalue weighted by atomic mass is 31.2. The average Bonchev–Trinajstić information content (AvgIpc) is 3.35. The number of unbranched alkanes of at least 4 members (excludes halogenated alkanes) is 18. The average molecular weight is 1030 g/mol. The number of likely N-dealkylation sites (N-methyl/N-ethyl adjacent to an activating group) is 1. The van der Waals surface area contributed by atoms with Gasteiger partial charge in [0.05, 0.1) is 39.9 Å². The van der Waals surface area contributed by atoms with Gasteiger partial charge in [0.1, 0.15) is 13.2 Å². The van der Waals surface area contributed by atoms with Gasteiger partial charge in [0, 0.05) is 6.42 Å². The third-order valence-electron chi connectivity index (χ3n) is 12.1. The van der Waals surface area contributed by atoms with Crippen molar-refractivity contribution in [3.05, 3.63) is 134 Å². The summed E-state index contributed by atoms with van der Waals surface area (Å²) < 4.78 is 23.3. The minimum Gasteiger partial charge on any atom is -0.756 e. The Bertz CT molecular complexity index is 1640. The van der Waals surface area contributed by atoms with Crippen LogP contribution in [0.1, 0.15) is 213 Å². The van der Waals surface area contributed by atoms with Crippen molar-refractivity contribution in [2.24, 2.45) is 0 Å². The summed E-state index contributed by atoms with van der Waals surface area (Å²) >= 11 is 0. The van der Waals surface area contributed by atoms with E-state index in [0.717, 1.165) is 116 Å². The first-order chi connectivity index (χ1) is 35.5. The molecule has 0 aromatic carbocycles. The summed E-state index contributed by atoms with van der Waals surface area (Å²) in [7, 11) is 1.24. The SMILES string of the molecule is CC/C=C\C/C=C\C/C=C\C/C=C\C/C=C\C/C=C\C/C=C\C/C=C\C/C=C\C/C=C\CCCCCCCCCCC(=O)NC(COP(=O)([O-])OCC[N+](C)(C)C)C(O)/C=C/CCCCCCCCCCCC. The Kier molecular flexibility index (Phi) is 51.0. The zero-order chi connectivity index (χ0) is 53.5. The van der Waals surface area contributed by atoms with Crippen molar-refractivity contribution < 1.29 is 32.9 Å². The molecule has 0 aromatic rings. The van der Waals surface area contributed by atoms with Crippen molar-refractivity contribution >= 4 is 13.7 Å². The Balaban J connectivity index is 4.12. The second-order valence-electron chi connectivity index (χ2n) is 20.3. The van der Waals surface area contributed by atoms with Crippen LogP contribution in [0.15, 0.2) is 134 Å². The summed E-state index contributed by atoms with van der Waals surface area (Å²) in [6.45, 7) is 4.50. The van der Waals surface area contributed by atoms with Crippen molar-refractivity contribution in [1.82, 2.24) is 5.32 Å². The Hall–Kier alpha value is -3.36. The molecular formula is C64H109N2O6P. The van der Waals surface area contributed by atoms with Crippen LogP contribution in [-0.2, 0) is 18.4 Å². The van der Waals surface area contributed by atoms with E-state index in [1.165, 1.54) is 77.0 Å². The van der Waals surface area contributed by atoms with Gasteiger partial charge < -0.3 is 28.8 Å². The molecule has 0 fully saturated rings. The van der Waals surface area contributed by atoms with E-state index in [1.807, 2.05) is 27.2 Å². The fourth-order valence-electron chi connectivity index (χ4n) is 7.59. The first-order valence-corrected chi connectivity index (χ1v) is 30.5. The van der Waals surface area contributed by atoms with E-state index >= 15 is 0 Å². The van der Waals surface area contributed by atoms with Gasteiger partial charge in [-0.1, -0.05) is 244 Å². The molecule has 0 radical (unpaired) electrons. The molecule has 0 rings (SSSR count). The zero-order valence-corrected chi connectivity index (χ0v) is 48.2. The third-order valence-corrected chi connectivity index (χ3v) is 13.1. The molecule has 0 aliphatic rings. The summed E-state index contributed by atoms with van der Waals surface area (Å²) in [5.41, 5.74) is 0. The van der Waals surface area contributed by atoms with Crippen LogP contribution in [-0.4, -0.2) is 68.5 Å². The fourth-order valence-corrected chi connectivity index (χ4v) is 8.31. The number of carbonyl (C=O) groups excluding carboxylic acids is 1. The fraction of sp³-hybridized carbons (Fsp3) is 0.641. The molecular weight excluding hydrogens is 924 g/mol. The van der Waals surface area contributed by atoms with E-state index < -0.39 is 26.6 Å². The molecule has 0 spiro atoms. The quantitative estimate of drug-likeness (QED) is 0.0272. The maximum Gasteiger partial charge on any atom is 0.268 e. The van der Waals surface area contributed by atoms with Gasteiger partial charge in [-0.05, 0) is 96.3 Å². The van der Waals surface area contributed by atoms with Gasteiger partial charge >= 0.3 is 0 Å². The molecule has 0 bridgehead atoms. The van der Waals surface area contributed by atoms with E-state index in [9.17, 15) is 19.4 Å². The number of phosphoric ester groups is 1. The molecule has 0 aromatic heterocycles. The number of nitrogens with zero attached hydrogens (tertiary/aromatic N) is 1. The minimum atomic E-state index is -4.60. The first kappa shape index (κ1) is 69.6. The van der Waals surface area contributed by atoms with Crippen LogP contribution >= 0.6 is 7.82 Å². The molecule has 416 valence electrons. The van der Waals surface area contributed by atoms with Gasteiger partial charge in [0.25, 0.3) is 7.82 Å². The van der Waals surface area contributed by atoms with Crippen LogP contribution in [0.2, 0.25) is 0 Å². The van der Waals surface area contributed by atoms with Crippen molar-refractivity contribution in [1.29, 1.82) is 0 Å². The predicted octanol–water partition coefficient (Wildman–Crippen LogP) is 17.3. The van der Waals surface area contributed by atoms with E-state index in [0.29, 0.717) is 17.4 Å². The molecule has 0 saturated carbocycles. The molecule has 3 atom stereocenters. The van der Waals surface area contributed by atoms with Gasteiger partial charge in [-0.15, -0.1) is 0 Å². The highest BCUT2D eigenvalue weighted by Crippen LogP contribution is 2.38. The topological polar surface area (TPSA) is 108 Å². The number of nitrogens with one attached hydrogen (secondary N) is 1. The molecule has 0 heterocycles. The lowest BCUT2D eigenvalue weighted by molar-refractivity contribution is -0.870. The lowest BCUT2D eigenvalue weighted by Gasteiger charge is -2.29. The highest BCUT2D eigenvalue weighted by Gasteiger charge is 2.23. The van der Waals surface area contributed by atoms with Crippen molar-refractivity contribution in [3.63, 3.8) is 0 Å². The molecule has 1 amide bonds. The molecule has 9 heteroatoms. The lowest BCUT2D eigenvalue weighted by atomic mass is 10.0. The van der Waals surface area contributed by atoms with Crippen LogP contribution in [0.4, 0.5) is 0 Å². The zero-order valence-electron chi connectivity index (χ0n) is 47.3. The Morgan fingerprint density at radius 3 is 1.22 bits per heavy atom. The number of hydrogen-bond acceptors (Lipinski definition) is 6. The number of quaternary nitrogens is 1. The smallest absolute Gasteiger partial charge is 0.268 e. The molecule has 8 nitrogen and oxygen atoms in total. The molecule has 0 aliphatic heterocycles. The van der Waals surface area contributed by atoms with Gasteiger partial charge in [-0.2, -0.15) is 0 Å². The Labute approximate surface area is 449 Å². The molecule has 2 N–H and O–H groups in total. The molecule has 3 unspecified atom stereocenters. The minimum absolute atomic E-state index is 0.00916. The van der Waals surface area contributed by atoms with E-state index in [4.69, 9.17) is 9.05 Å². The van der Waals surface area contributed by atoms with Crippen molar-refractivity contribution in [2.45, 2.75) is 225 Å². The number of hydrogen-bond donors (Lipinski definition) is 2. The van der Waals surface area contributed by atoms with Gasteiger partial charge in [-0.3, -0.25) is 9.36 Å². The maximum absolute atomic E-state index is 12.9. The van der Waals surface area contributed by atoms with Gasteiger partial charge in [0.15, 0.2) is 0 Å². The molecule has 0 aliphatic carbocycles. The number of allylic oxidation sites excluding steroid dienone is 21. The number of carbonyl (C=O) groups is 1. The standard InChI is InChI=1S/C64H109N2O6P/c1-6-8-10-12-14-16-18-20-21-22-23-24-25-26-27-28-29-30-31-32-33-34-35-36-37-38-39-40-41-42-43-44-45-46-48-50-52-54-56-58-64(68)65-62(61-72-73(69,70)71-60-59-66(3,4)5)63(67)57-55-53-51-49-47-19-17-15-13-11-9-7-2/h8,10,14,16,20-21,23-24,26-27,29-30,32-33,35-36,38-39,41-42,55,57,62-63,67H,6-7,9,11-13,15,17-19,22,25,28,31,34,37,40,43-54,56,58-61H2,1-5H3,(H-,65,68,69,70)/b10-8-,16-14-,21-20-,24-23-,27-26-,30-29-,33-32-,36-35-,39-38-,42-41-,57-55+. The molecule has 0 saturated heterocycles. The number of phosphoric acid groups is 1. The van der Waals surface area contributed by atoms with Crippen molar-refractivity contribution in [2.75, 3.05) is 40.9 Å². The van der Waals surface area contributed by atoms with Crippen LogP contribution < -0.4 is 10.2 Å².